The number of hydrogen-bond donors (Lipinski definition) is 1. The summed E-state index contributed by atoms with van der Waals surface area (Å²) in [6, 6.07) is 6.75. The van der Waals surface area contributed by atoms with Gasteiger partial charge in [-0.1, -0.05) is 18.2 Å². The Morgan fingerprint density at radius 2 is 1.93 bits per heavy atom. The lowest BCUT2D eigenvalue weighted by Gasteiger charge is -2.15. The number of nitrogens with one attached hydrogen (secondary N) is 1. The molecule has 14 heavy (non-hydrogen) atoms. The van der Waals surface area contributed by atoms with Crippen molar-refractivity contribution in [1.82, 2.24) is 5.32 Å². The van der Waals surface area contributed by atoms with Gasteiger partial charge in [0.05, 0.1) is 0 Å². The minimum Gasteiger partial charge on any atom is -0.434 e. The van der Waals surface area contributed by atoms with Gasteiger partial charge in [-0.05, 0) is 20.0 Å². The Labute approximate surface area is 81.9 Å². The van der Waals surface area contributed by atoms with E-state index in [9.17, 15) is 8.78 Å². The van der Waals surface area contributed by atoms with E-state index in [1.54, 1.807) is 25.2 Å². The Bertz CT molecular complexity index is 291. The minimum absolute atomic E-state index is 0.00931. The van der Waals surface area contributed by atoms with Crippen LogP contribution >= 0.6 is 0 Å². The molecule has 4 heteroatoms. The van der Waals surface area contributed by atoms with Crippen LogP contribution in [-0.2, 0) is 0 Å². The fraction of sp³-hybridized carbons (Fsp3) is 0.400. The van der Waals surface area contributed by atoms with Crippen molar-refractivity contribution in [2.75, 3.05) is 7.05 Å². The van der Waals surface area contributed by atoms with Crippen molar-refractivity contribution in [2.24, 2.45) is 0 Å². The van der Waals surface area contributed by atoms with Gasteiger partial charge < -0.3 is 10.1 Å². The molecule has 0 aromatic heterocycles. The molecule has 1 aromatic rings. The molecule has 0 amide bonds. The zero-order chi connectivity index (χ0) is 10.6. The first kappa shape index (κ1) is 10.9. The van der Waals surface area contributed by atoms with Crippen LogP contribution in [0.15, 0.2) is 24.3 Å². The molecule has 2 nitrogen and oxygen atoms in total. The second-order valence-corrected chi connectivity index (χ2v) is 2.93. The summed E-state index contributed by atoms with van der Waals surface area (Å²) < 4.78 is 28.4. The second-order valence-electron chi connectivity index (χ2n) is 2.93. The first-order valence-electron chi connectivity index (χ1n) is 4.36. The van der Waals surface area contributed by atoms with Crippen LogP contribution < -0.4 is 10.1 Å². The molecule has 0 bridgehead atoms. The second kappa shape index (κ2) is 4.91. The smallest absolute Gasteiger partial charge is 0.387 e. The summed E-state index contributed by atoms with van der Waals surface area (Å²) in [4.78, 5) is 0. The molecule has 0 aliphatic rings. The molecule has 0 aliphatic carbocycles. The summed E-state index contributed by atoms with van der Waals surface area (Å²) in [5.74, 6) is 0.226. The summed E-state index contributed by atoms with van der Waals surface area (Å²) in [5, 5.41) is 2.97. The Morgan fingerprint density at radius 3 is 2.50 bits per heavy atom. The van der Waals surface area contributed by atoms with Crippen molar-refractivity contribution in [2.45, 2.75) is 19.6 Å². The molecule has 1 atom stereocenters. The Balaban J connectivity index is 2.91. The van der Waals surface area contributed by atoms with Crippen LogP contribution in [0.4, 0.5) is 8.78 Å². The largest absolute Gasteiger partial charge is 0.434 e. The Hall–Kier alpha value is -1.16. The number of halogens is 2. The monoisotopic (exact) mass is 201 g/mol. The van der Waals surface area contributed by atoms with E-state index < -0.39 is 6.61 Å². The van der Waals surface area contributed by atoms with E-state index >= 15 is 0 Å². The van der Waals surface area contributed by atoms with E-state index in [1.165, 1.54) is 6.07 Å². The highest BCUT2D eigenvalue weighted by atomic mass is 19.3. The molecule has 0 aliphatic heterocycles. The number of para-hydroxylation sites is 1. The van der Waals surface area contributed by atoms with E-state index in [0.29, 0.717) is 0 Å². The summed E-state index contributed by atoms with van der Waals surface area (Å²) in [5.41, 5.74) is 0.732. The standard InChI is InChI=1S/C10H13F2NO/c1-7(13-2)8-5-3-4-6-9(8)14-10(11)12/h3-7,10,13H,1-2H3/t7-/m1/s1. The van der Waals surface area contributed by atoms with E-state index in [4.69, 9.17) is 0 Å². The summed E-state index contributed by atoms with van der Waals surface area (Å²) in [7, 11) is 1.77. The zero-order valence-electron chi connectivity index (χ0n) is 8.13. The van der Waals surface area contributed by atoms with Gasteiger partial charge in [0.2, 0.25) is 0 Å². The summed E-state index contributed by atoms with van der Waals surface area (Å²) >= 11 is 0. The van der Waals surface area contributed by atoms with Crippen molar-refractivity contribution in [1.29, 1.82) is 0 Å². The predicted octanol–water partition coefficient (Wildman–Crippen LogP) is 2.57. The highest BCUT2D eigenvalue weighted by molar-refractivity contribution is 5.35. The van der Waals surface area contributed by atoms with Crippen LogP contribution in [0.5, 0.6) is 5.75 Å². The highest BCUT2D eigenvalue weighted by Crippen LogP contribution is 2.25. The molecule has 1 aromatic carbocycles. The van der Waals surface area contributed by atoms with Gasteiger partial charge >= 0.3 is 6.61 Å². The Kier molecular flexibility index (Phi) is 3.83. The molecule has 0 spiro atoms. The fourth-order valence-corrected chi connectivity index (χ4v) is 1.20. The summed E-state index contributed by atoms with van der Waals surface area (Å²) in [6.45, 7) is -0.895. The molecule has 78 valence electrons. The zero-order valence-corrected chi connectivity index (χ0v) is 8.13. The molecule has 0 heterocycles. The molecule has 0 radical (unpaired) electrons. The average Bonchev–Trinajstić information content (AvgIpc) is 2.16. The first-order chi connectivity index (χ1) is 6.65. The lowest BCUT2D eigenvalue weighted by atomic mass is 10.1. The lowest BCUT2D eigenvalue weighted by Crippen LogP contribution is -2.14. The van der Waals surface area contributed by atoms with Crippen LogP contribution in [-0.4, -0.2) is 13.7 Å². The lowest BCUT2D eigenvalue weighted by molar-refractivity contribution is -0.0506. The molecule has 0 fully saturated rings. The first-order valence-corrected chi connectivity index (χ1v) is 4.36. The van der Waals surface area contributed by atoms with Crippen LogP contribution in [0, 0.1) is 0 Å². The van der Waals surface area contributed by atoms with E-state index in [0.717, 1.165) is 5.56 Å². The third-order valence-corrected chi connectivity index (χ3v) is 2.03. The van der Waals surface area contributed by atoms with Crippen LogP contribution in [0.2, 0.25) is 0 Å². The number of hydrogen-bond acceptors (Lipinski definition) is 2. The molecular weight excluding hydrogens is 188 g/mol. The molecule has 0 unspecified atom stereocenters. The maximum absolute atomic E-state index is 12.0. The Morgan fingerprint density at radius 1 is 1.29 bits per heavy atom. The van der Waals surface area contributed by atoms with Gasteiger partial charge in [0.15, 0.2) is 0 Å². The van der Waals surface area contributed by atoms with Crippen LogP contribution in [0.25, 0.3) is 0 Å². The predicted molar refractivity (Wildman–Crippen MR) is 50.5 cm³/mol. The maximum Gasteiger partial charge on any atom is 0.387 e. The molecule has 1 rings (SSSR count). The normalized spacial score (nSPS) is 12.9. The van der Waals surface area contributed by atoms with Crippen molar-refractivity contribution in [3.63, 3.8) is 0 Å². The van der Waals surface area contributed by atoms with Gasteiger partial charge in [-0.2, -0.15) is 8.78 Å². The van der Waals surface area contributed by atoms with Gasteiger partial charge in [-0.15, -0.1) is 0 Å². The van der Waals surface area contributed by atoms with Crippen molar-refractivity contribution >= 4 is 0 Å². The van der Waals surface area contributed by atoms with E-state index in [2.05, 4.69) is 10.1 Å². The van der Waals surface area contributed by atoms with Gasteiger partial charge in [0.25, 0.3) is 0 Å². The summed E-state index contributed by atoms with van der Waals surface area (Å²) in [6.07, 6.45) is 0. The van der Waals surface area contributed by atoms with Crippen LogP contribution in [0.1, 0.15) is 18.5 Å². The van der Waals surface area contributed by atoms with E-state index in [1.807, 2.05) is 6.92 Å². The number of benzene rings is 1. The average molecular weight is 201 g/mol. The molecule has 0 saturated heterocycles. The molecule has 1 N–H and O–H groups in total. The number of rotatable bonds is 4. The third kappa shape index (κ3) is 2.67. The van der Waals surface area contributed by atoms with Gasteiger partial charge in [0.1, 0.15) is 5.75 Å². The van der Waals surface area contributed by atoms with Crippen molar-refractivity contribution in [3.05, 3.63) is 29.8 Å². The fourth-order valence-electron chi connectivity index (χ4n) is 1.20. The van der Waals surface area contributed by atoms with Gasteiger partial charge in [-0.3, -0.25) is 0 Å². The highest BCUT2D eigenvalue weighted by Gasteiger charge is 2.12. The number of ether oxygens (including phenoxy) is 1. The van der Waals surface area contributed by atoms with Crippen molar-refractivity contribution in [3.8, 4) is 5.75 Å². The maximum atomic E-state index is 12.0. The quantitative estimate of drug-likeness (QED) is 0.808. The third-order valence-electron chi connectivity index (χ3n) is 2.03. The molecular formula is C10H13F2NO. The van der Waals surface area contributed by atoms with Gasteiger partial charge in [-0.25, -0.2) is 0 Å². The van der Waals surface area contributed by atoms with E-state index in [-0.39, 0.29) is 11.8 Å². The minimum atomic E-state index is -2.78. The van der Waals surface area contributed by atoms with Crippen molar-refractivity contribution < 1.29 is 13.5 Å². The number of alkyl halides is 2. The van der Waals surface area contributed by atoms with Gasteiger partial charge in [0, 0.05) is 11.6 Å². The SMILES string of the molecule is CN[C@H](C)c1ccccc1OC(F)F. The topological polar surface area (TPSA) is 21.3 Å². The molecule has 0 saturated carbocycles. The van der Waals surface area contributed by atoms with Crippen LogP contribution in [0.3, 0.4) is 0 Å².